The summed E-state index contributed by atoms with van der Waals surface area (Å²) >= 11 is 0. The third-order valence-corrected chi connectivity index (χ3v) is 5.01. The summed E-state index contributed by atoms with van der Waals surface area (Å²) in [6.45, 7) is 6.40. The number of aromatic nitrogens is 2. The fourth-order valence-electron chi connectivity index (χ4n) is 3.97. The van der Waals surface area contributed by atoms with Gasteiger partial charge in [-0.05, 0) is 44.9 Å². The smallest absolute Gasteiger partial charge is 0.242 e. The molecular formula is C19H25N3O3. The van der Waals surface area contributed by atoms with Gasteiger partial charge in [0.1, 0.15) is 12.2 Å². The molecule has 0 radical (unpaired) electrons. The van der Waals surface area contributed by atoms with Crippen molar-refractivity contribution in [2.45, 2.75) is 51.5 Å². The molecule has 0 bridgehead atoms. The molecule has 6 heteroatoms. The highest BCUT2D eigenvalue weighted by molar-refractivity contribution is 5.82. The molecule has 1 amide bonds. The van der Waals surface area contributed by atoms with E-state index in [1.54, 1.807) is 6.20 Å². The third kappa shape index (κ3) is 3.28. The Morgan fingerprint density at radius 2 is 2.12 bits per heavy atom. The number of rotatable bonds is 3. The number of morpholine rings is 1. The molecule has 0 unspecified atom stereocenters. The maximum Gasteiger partial charge on any atom is 0.242 e. The van der Waals surface area contributed by atoms with E-state index in [9.17, 15) is 4.79 Å². The summed E-state index contributed by atoms with van der Waals surface area (Å²) in [6, 6.07) is 6.09. The minimum Gasteiger partial charge on any atom is -0.372 e. The third-order valence-electron chi connectivity index (χ3n) is 5.01. The normalized spacial score (nSPS) is 27.1. The second-order valence-corrected chi connectivity index (χ2v) is 7.13. The van der Waals surface area contributed by atoms with Crippen LogP contribution in [0.1, 0.15) is 38.5 Å². The van der Waals surface area contributed by atoms with Crippen LogP contribution in [0.25, 0.3) is 11.0 Å². The molecule has 2 aliphatic rings. The lowest BCUT2D eigenvalue weighted by molar-refractivity contribution is -0.143. The molecule has 2 aliphatic heterocycles. The van der Waals surface area contributed by atoms with Crippen LogP contribution in [0.3, 0.4) is 0 Å². The highest BCUT2D eigenvalue weighted by Crippen LogP contribution is 2.32. The zero-order valence-corrected chi connectivity index (χ0v) is 14.9. The molecule has 2 aromatic rings. The topological polar surface area (TPSA) is 56.6 Å². The molecule has 0 aromatic carbocycles. The van der Waals surface area contributed by atoms with E-state index < -0.39 is 0 Å². The lowest BCUT2D eigenvalue weighted by Crippen LogP contribution is -2.49. The van der Waals surface area contributed by atoms with Crippen molar-refractivity contribution in [3.8, 4) is 0 Å². The van der Waals surface area contributed by atoms with E-state index in [0.717, 1.165) is 36.2 Å². The number of hydrogen-bond donors (Lipinski definition) is 0. The Balaban J connectivity index is 1.63. The summed E-state index contributed by atoms with van der Waals surface area (Å²) in [7, 11) is 0. The van der Waals surface area contributed by atoms with Gasteiger partial charge in [0.25, 0.3) is 0 Å². The Morgan fingerprint density at radius 3 is 2.84 bits per heavy atom. The van der Waals surface area contributed by atoms with E-state index in [0.29, 0.717) is 19.6 Å². The molecule has 2 saturated heterocycles. The van der Waals surface area contributed by atoms with Gasteiger partial charge in [-0.2, -0.15) is 0 Å². The molecule has 2 fully saturated rings. The maximum absolute atomic E-state index is 12.9. The maximum atomic E-state index is 12.9. The SMILES string of the molecule is C[C@H]1CN(C(=O)Cn2c([C@@H]3CCCO3)cc3cccnc32)C[C@H](C)O1. The first-order valence-corrected chi connectivity index (χ1v) is 9.11. The zero-order chi connectivity index (χ0) is 17.4. The van der Waals surface area contributed by atoms with Crippen LogP contribution in [0.2, 0.25) is 0 Å². The molecule has 0 N–H and O–H groups in total. The van der Waals surface area contributed by atoms with Crippen molar-refractivity contribution in [2.75, 3.05) is 19.7 Å². The van der Waals surface area contributed by atoms with Crippen LogP contribution in [0.5, 0.6) is 0 Å². The monoisotopic (exact) mass is 343 g/mol. The number of ether oxygens (including phenoxy) is 2. The van der Waals surface area contributed by atoms with Crippen LogP contribution in [0.4, 0.5) is 0 Å². The van der Waals surface area contributed by atoms with Crippen LogP contribution in [0, 0.1) is 0 Å². The molecule has 6 nitrogen and oxygen atoms in total. The molecule has 3 atom stereocenters. The highest BCUT2D eigenvalue weighted by atomic mass is 16.5. The molecule has 2 aromatic heterocycles. The first kappa shape index (κ1) is 16.5. The van der Waals surface area contributed by atoms with Crippen LogP contribution in [0.15, 0.2) is 24.4 Å². The fraction of sp³-hybridized carbons (Fsp3) is 0.579. The second-order valence-electron chi connectivity index (χ2n) is 7.13. The number of carbonyl (C=O) groups is 1. The molecule has 0 spiro atoms. The predicted molar refractivity (Wildman–Crippen MR) is 94.2 cm³/mol. The van der Waals surface area contributed by atoms with E-state index in [1.807, 2.05) is 35.4 Å². The molecule has 25 heavy (non-hydrogen) atoms. The lowest BCUT2D eigenvalue weighted by Gasteiger charge is -2.35. The first-order valence-electron chi connectivity index (χ1n) is 9.11. The van der Waals surface area contributed by atoms with Gasteiger partial charge >= 0.3 is 0 Å². The van der Waals surface area contributed by atoms with Crippen LogP contribution >= 0.6 is 0 Å². The summed E-state index contributed by atoms with van der Waals surface area (Å²) in [6.07, 6.45) is 4.04. The summed E-state index contributed by atoms with van der Waals surface area (Å²) in [5.74, 6) is 0.115. The molecule has 134 valence electrons. The van der Waals surface area contributed by atoms with Crippen molar-refractivity contribution in [2.24, 2.45) is 0 Å². The van der Waals surface area contributed by atoms with Gasteiger partial charge in [-0.15, -0.1) is 0 Å². The van der Waals surface area contributed by atoms with Crippen molar-refractivity contribution < 1.29 is 14.3 Å². The Labute approximate surface area is 147 Å². The van der Waals surface area contributed by atoms with Crippen LogP contribution in [-0.2, 0) is 20.8 Å². The standard InChI is InChI=1S/C19H25N3O3/c1-13-10-21(11-14(2)25-13)18(23)12-22-16(17-6-4-8-24-17)9-15-5-3-7-20-19(15)22/h3,5,7,9,13-14,17H,4,6,8,10-12H2,1-2H3/t13-,14-,17-/m0/s1. The average Bonchev–Trinajstić information content (AvgIpc) is 3.22. The molecule has 4 rings (SSSR count). The number of fused-ring (bicyclic) bond motifs is 1. The van der Waals surface area contributed by atoms with Gasteiger partial charge in [-0.25, -0.2) is 4.98 Å². The van der Waals surface area contributed by atoms with Crippen molar-refractivity contribution in [3.05, 3.63) is 30.1 Å². The molecular weight excluding hydrogens is 318 g/mol. The molecule has 0 aliphatic carbocycles. The van der Waals surface area contributed by atoms with Crippen molar-refractivity contribution in [1.29, 1.82) is 0 Å². The van der Waals surface area contributed by atoms with E-state index in [1.165, 1.54) is 0 Å². The van der Waals surface area contributed by atoms with Gasteiger partial charge in [0, 0.05) is 37.0 Å². The summed E-state index contributed by atoms with van der Waals surface area (Å²) in [4.78, 5) is 19.4. The predicted octanol–water partition coefficient (Wildman–Crippen LogP) is 2.52. The van der Waals surface area contributed by atoms with E-state index in [2.05, 4.69) is 11.1 Å². The Morgan fingerprint density at radius 1 is 1.32 bits per heavy atom. The molecule has 4 heterocycles. The van der Waals surface area contributed by atoms with Gasteiger partial charge in [-0.1, -0.05) is 0 Å². The highest BCUT2D eigenvalue weighted by Gasteiger charge is 2.28. The van der Waals surface area contributed by atoms with Gasteiger partial charge in [0.2, 0.25) is 5.91 Å². The number of carbonyl (C=O) groups excluding carboxylic acids is 1. The number of amides is 1. The van der Waals surface area contributed by atoms with Crippen molar-refractivity contribution in [3.63, 3.8) is 0 Å². The summed E-state index contributed by atoms with van der Waals surface area (Å²) in [5.41, 5.74) is 1.92. The van der Waals surface area contributed by atoms with Crippen molar-refractivity contribution >= 4 is 16.9 Å². The average molecular weight is 343 g/mol. The Bertz CT molecular complexity index is 756. The second kappa shape index (κ2) is 6.77. The van der Waals surface area contributed by atoms with Gasteiger partial charge in [0.05, 0.1) is 18.3 Å². The van der Waals surface area contributed by atoms with Gasteiger partial charge < -0.3 is 18.9 Å². The van der Waals surface area contributed by atoms with Crippen molar-refractivity contribution in [1.82, 2.24) is 14.5 Å². The lowest BCUT2D eigenvalue weighted by atomic mass is 10.1. The zero-order valence-electron chi connectivity index (χ0n) is 14.9. The Kier molecular flexibility index (Phi) is 4.48. The summed E-state index contributed by atoms with van der Waals surface area (Å²) < 4.78 is 13.7. The van der Waals surface area contributed by atoms with Gasteiger partial charge in [-0.3, -0.25) is 4.79 Å². The summed E-state index contributed by atoms with van der Waals surface area (Å²) in [5, 5.41) is 1.06. The van der Waals surface area contributed by atoms with E-state index >= 15 is 0 Å². The number of nitrogens with zero attached hydrogens (tertiary/aromatic N) is 3. The van der Waals surface area contributed by atoms with Gasteiger partial charge in [0.15, 0.2) is 0 Å². The minimum atomic E-state index is 0.0598. The molecule has 0 saturated carbocycles. The number of hydrogen-bond acceptors (Lipinski definition) is 4. The fourth-order valence-corrected chi connectivity index (χ4v) is 3.97. The number of pyridine rings is 1. The first-order chi connectivity index (χ1) is 12.1. The Hall–Kier alpha value is -1.92. The minimum absolute atomic E-state index is 0.0598. The van der Waals surface area contributed by atoms with E-state index in [4.69, 9.17) is 9.47 Å². The van der Waals surface area contributed by atoms with Crippen LogP contribution < -0.4 is 0 Å². The largest absolute Gasteiger partial charge is 0.372 e. The quantitative estimate of drug-likeness (QED) is 0.859. The van der Waals surface area contributed by atoms with E-state index in [-0.39, 0.29) is 24.2 Å². The van der Waals surface area contributed by atoms with Crippen LogP contribution in [-0.4, -0.2) is 52.3 Å².